The number of nitrogens with zero attached hydrogens (tertiary/aromatic N) is 1. The summed E-state index contributed by atoms with van der Waals surface area (Å²) in [6.07, 6.45) is 0. The van der Waals surface area contributed by atoms with E-state index in [-0.39, 0.29) is 11.7 Å². The van der Waals surface area contributed by atoms with Gasteiger partial charge in [-0.15, -0.1) is 0 Å². The minimum atomic E-state index is -0.281. The van der Waals surface area contributed by atoms with Gasteiger partial charge in [0.05, 0.1) is 5.71 Å². The Morgan fingerprint density at radius 3 is 2.50 bits per heavy atom. The van der Waals surface area contributed by atoms with Crippen molar-refractivity contribution >= 4 is 27.5 Å². The van der Waals surface area contributed by atoms with E-state index in [2.05, 4.69) is 26.5 Å². The third-order valence-electron chi connectivity index (χ3n) is 2.70. The van der Waals surface area contributed by atoms with E-state index < -0.39 is 0 Å². The first-order valence-electron chi connectivity index (χ1n) is 5.96. The number of hydrogen-bond donors (Lipinski definition) is 2. The summed E-state index contributed by atoms with van der Waals surface area (Å²) < 4.78 is 0.911. The van der Waals surface area contributed by atoms with Gasteiger partial charge >= 0.3 is 0 Å². The normalized spacial score (nSPS) is 11.2. The Morgan fingerprint density at radius 2 is 1.85 bits per heavy atom. The van der Waals surface area contributed by atoms with Gasteiger partial charge in [0, 0.05) is 15.6 Å². The van der Waals surface area contributed by atoms with E-state index in [1.807, 2.05) is 6.07 Å². The van der Waals surface area contributed by atoms with Gasteiger partial charge in [-0.05, 0) is 43.3 Å². The summed E-state index contributed by atoms with van der Waals surface area (Å²) in [6, 6.07) is 13.7. The molecule has 0 aromatic heterocycles. The van der Waals surface area contributed by atoms with Crippen molar-refractivity contribution in [3.8, 4) is 5.75 Å². The number of phenolic OH excluding ortho intramolecular Hbond substituents is 1. The van der Waals surface area contributed by atoms with Crippen LogP contribution in [0.25, 0.3) is 0 Å². The molecule has 0 unspecified atom stereocenters. The standard InChI is InChI=1S/C15H13BrN2O2/c1-10(12-3-2-4-14(19)9-12)17-18-15(20)11-5-7-13(16)8-6-11/h2-9,19H,1H3,(H,18,20)/b17-10+. The fourth-order valence-electron chi connectivity index (χ4n) is 1.60. The lowest BCUT2D eigenvalue weighted by Crippen LogP contribution is -2.19. The number of benzene rings is 2. The van der Waals surface area contributed by atoms with Crippen molar-refractivity contribution in [1.82, 2.24) is 5.43 Å². The summed E-state index contributed by atoms with van der Waals surface area (Å²) in [5.74, 6) is -0.117. The molecule has 20 heavy (non-hydrogen) atoms. The van der Waals surface area contributed by atoms with Crippen LogP contribution < -0.4 is 5.43 Å². The van der Waals surface area contributed by atoms with Crippen LogP contribution in [0.1, 0.15) is 22.8 Å². The van der Waals surface area contributed by atoms with Crippen LogP contribution in [0, 0.1) is 0 Å². The molecule has 2 aromatic carbocycles. The maximum Gasteiger partial charge on any atom is 0.271 e. The molecule has 1 amide bonds. The maximum absolute atomic E-state index is 11.9. The summed E-state index contributed by atoms with van der Waals surface area (Å²) in [4.78, 5) is 11.9. The van der Waals surface area contributed by atoms with E-state index in [1.54, 1.807) is 49.4 Å². The highest BCUT2D eigenvalue weighted by atomic mass is 79.9. The van der Waals surface area contributed by atoms with Gasteiger partial charge in [-0.1, -0.05) is 28.1 Å². The van der Waals surface area contributed by atoms with Gasteiger partial charge < -0.3 is 5.11 Å². The summed E-state index contributed by atoms with van der Waals surface area (Å²) in [6.45, 7) is 1.76. The van der Waals surface area contributed by atoms with Crippen LogP contribution in [0.2, 0.25) is 0 Å². The predicted molar refractivity (Wildman–Crippen MR) is 81.9 cm³/mol. The number of carbonyl (C=O) groups is 1. The number of nitrogens with one attached hydrogen (secondary N) is 1. The second-order valence-corrected chi connectivity index (χ2v) is 5.11. The number of carbonyl (C=O) groups excluding carboxylic acids is 1. The molecule has 0 fully saturated rings. The van der Waals surface area contributed by atoms with Crippen LogP contribution in [-0.4, -0.2) is 16.7 Å². The lowest BCUT2D eigenvalue weighted by molar-refractivity contribution is 0.0955. The molecule has 5 heteroatoms. The monoisotopic (exact) mass is 332 g/mol. The summed E-state index contributed by atoms with van der Waals surface area (Å²) >= 11 is 3.31. The first kappa shape index (κ1) is 14.3. The Labute approximate surface area is 125 Å². The molecule has 4 nitrogen and oxygen atoms in total. The quantitative estimate of drug-likeness (QED) is 0.669. The number of aromatic hydroxyl groups is 1. The van der Waals surface area contributed by atoms with Crippen LogP contribution in [0.4, 0.5) is 0 Å². The third kappa shape index (κ3) is 3.68. The van der Waals surface area contributed by atoms with E-state index in [1.165, 1.54) is 0 Å². The third-order valence-corrected chi connectivity index (χ3v) is 3.22. The van der Waals surface area contributed by atoms with Crippen molar-refractivity contribution in [3.05, 3.63) is 64.1 Å². The Balaban J connectivity index is 2.08. The zero-order valence-electron chi connectivity index (χ0n) is 10.8. The molecule has 2 aromatic rings. The minimum absolute atomic E-state index is 0.163. The van der Waals surface area contributed by atoms with Crippen molar-refractivity contribution in [2.24, 2.45) is 5.10 Å². The fraction of sp³-hybridized carbons (Fsp3) is 0.0667. The van der Waals surface area contributed by atoms with Crippen molar-refractivity contribution in [1.29, 1.82) is 0 Å². The Bertz CT molecular complexity index is 651. The second kappa shape index (κ2) is 6.34. The molecule has 0 saturated heterocycles. The van der Waals surface area contributed by atoms with Gasteiger partial charge in [0.1, 0.15) is 5.75 Å². The van der Waals surface area contributed by atoms with Crippen LogP contribution >= 0.6 is 15.9 Å². The molecule has 2 rings (SSSR count). The van der Waals surface area contributed by atoms with E-state index in [0.29, 0.717) is 11.3 Å². The van der Waals surface area contributed by atoms with E-state index in [0.717, 1.165) is 10.0 Å². The summed E-state index contributed by atoms with van der Waals surface area (Å²) in [5, 5.41) is 13.4. The van der Waals surface area contributed by atoms with Crippen LogP contribution in [0.3, 0.4) is 0 Å². The van der Waals surface area contributed by atoms with Crippen molar-refractivity contribution in [3.63, 3.8) is 0 Å². The minimum Gasteiger partial charge on any atom is -0.508 e. The Hall–Kier alpha value is -2.14. The first-order valence-corrected chi connectivity index (χ1v) is 6.75. The Kier molecular flexibility index (Phi) is 4.53. The topological polar surface area (TPSA) is 61.7 Å². The number of hydrazone groups is 1. The van der Waals surface area contributed by atoms with Crippen LogP contribution in [0.15, 0.2) is 58.1 Å². The van der Waals surface area contributed by atoms with Crippen molar-refractivity contribution in [2.75, 3.05) is 0 Å². The molecule has 0 aliphatic rings. The molecule has 0 spiro atoms. The number of rotatable bonds is 3. The van der Waals surface area contributed by atoms with Gasteiger partial charge in [0.15, 0.2) is 0 Å². The molecule has 0 aliphatic heterocycles. The molecule has 2 N–H and O–H groups in total. The van der Waals surface area contributed by atoms with Gasteiger partial charge in [-0.3, -0.25) is 4.79 Å². The van der Waals surface area contributed by atoms with Gasteiger partial charge in [-0.2, -0.15) is 5.10 Å². The fourth-order valence-corrected chi connectivity index (χ4v) is 1.86. The predicted octanol–water partition coefficient (Wildman–Crippen LogP) is 3.31. The number of amides is 1. The van der Waals surface area contributed by atoms with Gasteiger partial charge in [0.25, 0.3) is 5.91 Å². The molecule has 0 heterocycles. The van der Waals surface area contributed by atoms with Gasteiger partial charge in [0.2, 0.25) is 0 Å². The average Bonchev–Trinajstić information content (AvgIpc) is 2.45. The lowest BCUT2D eigenvalue weighted by Gasteiger charge is -2.03. The largest absolute Gasteiger partial charge is 0.508 e. The number of halogens is 1. The molecular weight excluding hydrogens is 320 g/mol. The number of hydrogen-bond acceptors (Lipinski definition) is 3. The molecule has 0 bridgehead atoms. The zero-order valence-corrected chi connectivity index (χ0v) is 12.4. The molecular formula is C15H13BrN2O2. The molecule has 0 saturated carbocycles. The SMILES string of the molecule is C/C(=N\NC(=O)c1ccc(Br)cc1)c1cccc(O)c1. The highest BCUT2D eigenvalue weighted by molar-refractivity contribution is 9.10. The molecule has 0 radical (unpaired) electrons. The molecule has 0 aliphatic carbocycles. The molecule has 102 valence electrons. The average molecular weight is 333 g/mol. The molecule has 0 atom stereocenters. The van der Waals surface area contributed by atoms with Crippen molar-refractivity contribution < 1.29 is 9.90 Å². The van der Waals surface area contributed by atoms with Crippen molar-refractivity contribution in [2.45, 2.75) is 6.92 Å². The first-order chi connectivity index (χ1) is 9.56. The summed E-state index contributed by atoms with van der Waals surface area (Å²) in [5.41, 5.74) is 4.38. The lowest BCUT2D eigenvalue weighted by atomic mass is 10.1. The highest BCUT2D eigenvalue weighted by Gasteiger charge is 2.04. The van der Waals surface area contributed by atoms with Gasteiger partial charge in [-0.25, -0.2) is 5.43 Å². The van der Waals surface area contributed by atoms with E-state index in [4.69, 9.17) is 0 Å². The maximum atomic E-state index is 11.9. The second-order valence-electron chi connectivity index (χ2n) is 4.20. The summed E-state index contributed by atoms with van der Waals surface area (Å²) in [7, 11) is 0. The van der Waals surface area contributed by atoms with E-state index in [9.17, 15) is 9.90 Å². The zero-order chi connectivity index (χ0) is 14.5. The smallest absolute Gasteiger partial charge is 0.271 e. The number of phenols is 1. The highest BCUT2D eigenvalue weighted by Crippen LogP contribution is 2.12. The Morgan fingerprint density at radius 1 is 1.15 bits per heavy atom. The van der Waals surface area contributed by atoms with Crippen LogP contribution in [0.5, 0.6) is 5.75 Å². The van der Waals surface area contributed by atoms with Crippen LogP contribution in [-0.2, 0) is 0 Å². The van der Waals surface area contributed by atoms with E-state index >= 15 is 0 Å².